The van der Waals surface area contributed by atoms with Crippen molar-refractivity contribution in [3.8, 4) is 33.8 Å². The lowest BCUT2D eigenvalue weighted by molar-refractivity contribution is -0.137. The fourth-order valence-electron chi connectivity index (χ4n) is 4.60. The van der Waals surface area contributed by atoms with Crippen LogP contribution in [0.3, 0.4) is 0 Å². The molecule has 5 rings (SSSR count). The monoisotopic (exact) mass is 545 g/mol. The smallest absolute Gasteiger partial charge is 0.416 e. The molecule has 0 fully saturated rings. The fourth-order valence-corrected chi connectivity index (χ4v) is 4.60. The van der Waals surface area contributed by atoms with Crippen molar-refractivity contribution in [2.45, 2.75) is 33.1 Å². The zero-order chi connectivity index (χ0) is 28.4. The third-order valence-corrected chi connectivity index (χ3v) is 6.27. The van der Waals surface area contributed by atoms with Gasteiger partial charge in [-0.05, 0) is 68.3 Å². The third-order valence-electron chi connectivity index (χ3n) is 6.27. The first-order chi connectivity index (χ1) is 19.2. The molecule has 9 heteroatoms. The van der Waals surface area contributed by atoms with Crippen molar-refractivity contribution in [3.05, 3.63) is 96.6 Å². The van der Waals surface area contributed by atoms with Crippen molar-refractivity contribution >= 4 is 16.9 Å². The molecule has 0 aliphatic rings. The van der Waals surface area contributed by atoms with Crippen molar-refractivity contribution in [1.29, 1.82) is 0 Å². The fraction of sp³-hybridized carbons (Fsp3) is 0.194. The van der Waals surface area contributed by atoms with Crippen molar-refractivity contribution in [1.82, 2.24) is 14.5 Å². The van der Waals surface area contributed by atoms with Gasteiger partial charge in [0, 0.05) is 35.0 Å². The Balaban J connectivity index is 1.76. The number of ether oxygens (including phenoxy) is 2. The highest BCUT2D eigenvalue weighted by molar-refractivity contribution is 6.10. The summed E-state index contributed by atoms with van der Waals surface area (Å²) in [6, 6.07) is 17.7. The maximum Gasteiger partial charge on any atom is 0.416 e. The number of nitrogens with zero attached hydrogens (tertiary/aromatic N) is 3. The summed E-state index contributed by atoms with van der Waals surface area (Å²) in [7, 11) is 0. The quantitative estimate of drug-likeness (QED) is 0.196. The Kier molecular flexibility index (Phi) is 7.30. The second kappa shape index (κ2) is 10.8. The van der Waals surface area contributed by atoms with Crippen LogP contribution in [0.5, 0.6) is 5.88 Å². The number of benzene rings is 2. The summed E-state index contributed by atoms with van der Waals surface area (Å²) in [5.41, 5.74) is 3.45. The van der Waals surface area contributed by atoms with Crippen LogP contribution in [0.15, 0.2) is 85.3 Å². The number of alkyl halides is 3. The van der Waals surface area contributed by atoms with Crippen LogP contribution in [0.2, 0.25) is 0 Å². The SMILES string of the molecule is CCOC(=O)c1c(-c2cccnc2)c2cc(-c3ccc(C(F)(F)F)cc3)ccc2n1-c1ccc(OC(C)C)nc1. The molecule has 0 aliphatic carbocycles. The van der Waals surface area contributed by atoms with Crippen LogP contribution >= 0.6 is 0 Å². The van der Waals surface area contributed by atoms with Crippen molar-refractivity contribution in [2.75, 3.05) is 6.61 Å². The summed E-state index contributed by atoms with van der Waals surface area (Å²) in [6.45, 7) is 5.71. The molecule has 3 aromatic heterocycles. The Hall–Kier alpha value is -4.66. The molecule has 5 aromatic rings. The highest BCUT2D eigenvalue weighted by Crippen LogP contribution is 2.40. The molecule has 40 heavy (non-hydrogen) atoms. The van der Waals surface area contributed by atoms with Crippen molar-refractivity contribution in [3.63, 3.8) is 0 Å². The minimum absolute atomic E-state index is 0.0540. The second-order valence-corrected chi connectivity index (χ2v) is 9.35. The van der Waals surface area contributed by atoms with Crippen LogP contribution in [0.4, 0.5) is 13.2 Å². The highest BCUT2D eigenvalue weighted by atomic mass is 19.4. The Morgan fingerprint density at radius 3 is 2.30 bits per heavy atom. The third kappa shape index (κ3) is 5.27. The van der Waals surface area contributed by atoms with Gasteiger partial charge in [0.1, 0.15) is 5.69 Å². The van der Waals surface area contributed by atoms with E-state index in [0.717, 1.165) is 12.1 Å². The van der Waals surface area contributed by atoms with Gasteiger partial charge in [0.15, 0.2) is 0 Å². The van der Waals surface area contributed by atoms with Crippen molar-refractivity contribution < 1.29 is 27.4 Å². The number of hydrogen-bond donors (Lipinski definition) is 0. The molecule has 0 unspecified atom stereocenters. The van der Waals surface area contributed by atoms with Gasteiger partial charge in [-0.25, -0.2) is 9.78 Å². The number of halogens is 3. The maximum absolute atomic E-state index is 13.5. The molecule has 3 heterocycles. The molecule has 0 saturated heterocycles. The summed E-state index contributed by atoms with van der Waals surface area (Å²) >= 11 is 0. The largest absolute Gasteiger partial charge is 0.475 e. The first-order valence-corrected chi connectivity index (χ1v) is 12.7. The van der Waals surface area contributed by atoms with Crippen molar-refractivity contribution in [2.24, 2.45) is 0 Å². The number of rotatable bonds is 7. The molecule has 2 aromatic carbocycles. The number of aromatic nitrogens is 3. The summed E-state index contributed by atoms with van der Waals surface area (Å²) in [6.07, 6.45) is 0.436. The van der Waals surface area contributed by atoms with Crippen LogP contribution in [0.1, 0.15) is 36.8 Å². The van der Waals surface area contributed by atoms with Gasteiger partial charge in [-0.1, -0.05) is 24.3 Å². The molecule has 0 atom stereocenters. The van der Waals surface area contributed by atoms with E-state index in [0.29, 0.717) is 44.7 Å². The first kappa shape index (κ1) is 26.9. The molecule has 0 radical (unpaired) electrons. The average molecular weight is 546 g/mol. The summed E-state index contributed by atoms with van der Waals surface area (Å²) in [5.74, 6) is -0.0823. The number of hydrogen-bond acceptors (Lipinski definition) is 5. The van der Waals surface area contributed by atoms with Gasteiger partial charge < -0.3 is 14.0 Å². The number of esters is 1. The lowest BCUT2D eigenvalue weighted by atomic mass is 9.98. The van der Waals surface area contributed by atoms with Crippen LogP contribution in [0.25, 0.3) is 38.8 Å². The van der Waals surface area contributed by atoms with Crippen LogP contribution in [-0.4, -0.2) is 33.2 Å². The molecule has 0 spiro atoms. The minimum Gasteiger partial charge on any atom is -0.475 e. The molecule has 0 aliphatic heterocycles. The van der Waals surface area contributed by atoms with E-state index in [2.05, 4.69) is 9.97 Å². The zero-order valence-electron chi connectivity index (χ0n) is 22.1. The van der Waals surface area contributed by atoms with Gasteiger partial charge in [-0.15, -0.1) is 0 Å². The first-order valence-electron chi connectivity index (χ1n) is 12.7. The predicted octanol–water partition coefficient (Wildman–Crippen LogP) is 7.74. The Labute approximate surface area is 229 Å². The van der Waals surface area contributed by atoms with Gasteiger partial charge in [0.25, 0.3) is 0 Å². The molecule has 0 saturated carbocycles. The summed E-state index contributed by atoms with van der Waals surface area (Å²) in [5, 5.41) is 0.705. The second-order valence-electron chi connectivity index (χ2n) is 9.35. The van der Waals surface area contributed by atoms with Crippen LogP contribution < -0.4 is 4.74 Å². The predicted molar refractivity (Wildman–Crippen MR) is 146 cm³/mol. The van der Waals surface area contributed by atoms with Crippen LogP contribution in [0, 0.1) is 0 Å². The normalized spacial score (nSPS) is 11.7. The van der Waals surface area contributed by atoms with E-state index in [1.807, 2.05) is 44.2 Å². The van der Waals surface area contributed by atoms with E-state index in [9.17, 15) is 18.0 Å². The number of fused-ring (bicyclic) bond motifs is 1. The average Bonchev–Trinajstić information content (AvgIpc) is 3.28. The molecule has 0 amide bonds. The number of carbonyl (C=O) groups excluding carboxylic acids is 1. The molecule has 0 N–H and O–H groups in total. The van der Waals surface area contributed by atoms with E-state index in [1.165, 1.54) is 12.1 Å². The molecule has 6 nitrogen and oxygen atoms in total. The molecular formula is C31H26F3N3O3. The number of pyridine rings is 2. The zero-order valence-corrected chi connectivity index (χ0v) is 22.1. The molecular weight excluding hydrogens is 519 g/mol. The molecule has 0 bridgehead atoms. The van der Waals surface area contributed by atoms with E-state index in [4.69, 9.17) is 9.47 Å². The minimum atomic E-state index is -4.43. The van der Waals surface area contributed by atoms with Gasteiger partial charge >= 0.3 is 12.1 Å². The van der Waals surface area contributed by atoms with E-state index in [-0.39, 0.29) is 18.4 Å². The van der Waals surface area contributed by atoms with E-state index >= 15 is 0 Å². The lowest BCUT2D eigenvalue weighted by Gasteiger charge is -2.13. The standard InChI is InChI=1S/C31H26F3N3O3/c1-4-39-30(38)29-28(22-6-5-15-35-17-22)25-16-21(20-7-10-23(11-8-20)31(32,33)34)9-13-26(25)37(29)24-12-14-27(36-18-24)40-19(2)3/h5-19H,4H2,1-3H3. The van der Waals surface area contributed by atoms with Gasteiger partial charge in [-0.2, -0.15) is 13.2 Å². The van der Waals surface area contributed by atoms with Gasteiger partial charge in [0.05, 0.1) is 35.7 Å². The maximum atomic E-state index is 13.5. The van der Waals surface area contributed by atoms with Gasteiger partial charge in [0.2, 0.25) is 5.88 Å². The molecule has 204 valence electrons. The Morgan fingerprint density at radius 2 is 1.70 bits per heavy atom. The number of carbonyl (C=O) groups is 1. The summed E-state index contributed by atoms with van der Waals surface area (Å²) in [4.78, 5) is 22.2. The Morgan fingerprint density at radius 1 is 0.950 bits per heavy atom. The highest BCUT2D eigenvalue weighted by Gasteiger charge is 2.30. The van der Waals surface area contributed by atoms with E-state index < -0.39 is 17.7 Å². The lowest BCUT2D eigenvalue weighted by Crippen LogP contribution is -2.13. The van der Waals surface area contributed by atoms with Crippen LogP contribution in [-0.2, 0) is 10.9 Å². The summed E-state index contributed by atoms with van der Waals surface area (Å²) < 4.78 is 52.4. The Bertz CT molecular complexity index is 1640. The van der Waals surface area contributed by atoms with Gasteiger partial charge in [-0.3, -0.25) is 4.98 Å². The topological polar surface area (TPSA) is 66.2 Å². The van der Waals surface area contributed by atoms with E-state index in [1.54, 1.807) is 42.2 Å².